The van der Waals surface area contributed by atoms with Gasteiger partial charge in [0.1, 0.15) is 5.75 Å². The van der Waals surface area contributed by atoms with Gasteiger partial charge in [-0.05, 0) is 28.8 Å². The van der Waals surface area contributed by atoms with Crippen LogP contribution in [0.1, 0.15) is 5.56 Å². The Morgan fingerprint density at radius 2 is 1.23 bits per heavy atom. The number of para-hydroxylation sites is 1. The lowest BCUT2D eigenvalue weighted by Crippen LogP contribution is -2.11. The minimum atomic E-state index is -0.251. The molecule has 2 heteroatoms. The fourth-order valence-corrected chi connectivity index (χ4v) is 2.27. The van der Waals surface area contributed by atoms with E-state index in [4.69, 9.17) is 4.74 Å². The molecule has 0 aliphatic heterocycles. The van der Waals surface area contributed by atoms with Crippen molar-refractivity contribution in [3.8, 4) is 16.9 Å². The van der Waals surface area contributed by atoms with E-state index >= 15 is 0 Å². The maximum absolute atomic E-state index is 11.9. The van der Waals surface area contributed by atoms with Crippen molar-refractivity contribution in [1.29, 1.82) is 0 Å². The first kappa shape index (κ1) is 14.1. The van der Waals surface area contributed by atoms with Gasteiger partial charge in [0.2, 0.25) is 0 Å². The van der Waals surface area contributed by atoms with Crippen molar-refractivity contribution in [3.05, 3.63) is 90.5 Å². The van der Waals surface area contributed by atoms with E-state index in [0.29, 0.717) is 5.75 Å². The zero-order valence-corrected chi connectivity index (χ0v) is 12.1. The van der Waals surface area contributed by atoms with Gasteiger partial charge >= 0.3 is 5.97 Å². The Morgan fingerprint density at radius 3 is 1.86 bits per heavy atom. The Kier molecular flexibility index (Phi) is 4.30. The van der Waals surface area contributed by atoms with Crippen LogP contribution in [0.15, 0.2) is 84.9 Å². The highest BCUT2D eigenvalue weighted by Gasteiger charge is 2.06. The monoisotopic (exact) mass is 288 g/mol. The van der Waals surface area contributed by atoms with Crippen molar-refractivity contribution in [2.24, 2.45) is 0 Å². The summed E-state index contributed by atoms with van der Waals surface area (Å²) in [5.74, 6) is 0.326. The summed E-state index contributed by atoms with van der Waals surface area (Å²) in [6, 6.07) is 27.3. The lowest BCUT2D eigenvalue weighted by Gasteiger charge is -2.06. The molecule has 0 bridgehead atoms. The molecule has 0 heterocycles. The zero-order valence-electron chi connectivity index (χ0n) is 12.1. The van der Waals surface area contributed by atoms with Crippen molar-refractivity contribution in [2.75, 3.05) is 0 Å². The third-order valence-electron chi connectivity index (χ3n) is 3.38. The first-order valence-electron chi connectivity index (χ1n) is 7.21. The molecular weight excluding hydrogens is 272 g/mol. The Labute approximate surface area is 130 Å². The molecule has 0 amide bonds. The molecule has 3 aromatic carbocycles. The molecule has 0 aliphatic carbocycles. The Bertz CT molecular complexity index is 732. The van der Waals surface area contributed by atoms with Crippen LogP contribution >= 0.6 is 0 Å². The summed E-state index contributed by atoms with van der Waals surface area (Å²) >= 11 is 0. The zero-order chi connectivity index (χ0) is 15.2. The summed E-state index contributed by atoms with van der Waals surface area (Å²) in [4.78, 5) is 11.9. The van der Waals surface area contributed by atoms with Gasteiger partial charge in [-0.2, -0.15) is 0 Å². The number of ether oxygens (including phenoxy) is 1. The normalized spacial score (nSPS) is 10.2. The van der Waals surface area contributed by atoms with Crippen LogP contribution in [0.5, 0.6) is 5.75 Å². The second-order valence-corrected chi connectivity index (χ2v) is 5.03. The lowest BCUT2D eigenvalue weighted by molar-refractivity contribution is -0.133. The summed E-state index contributed by atoms with van der Waals surface area (Å²) in [5, 5.41) is 0. The Hall–Kier alpha value is -2.87. The molecule has 22 heavy (non-hydrogen) atoms. The van der Waals surface area contributed by atoms with Crippen LogP contribution in [0.2, 0.25) is 0 Å². The van der Waals surface area contributed by atoms with Crippen molar-refractivity contribution < 1.29 is 9.53 Å². The Morgan fingerprint density at radius 1 is 0.682 bits per heavy atom. The van der Waals surface area contributed by atoms with Gasteiger partial charge in [-0.1, -0.05) is 72.8 Å². The Balaban J connectivity index is 1.65. The molecule has 0 saturated heterocycles. The van der Waals surface area contributed by atoms with Crippen LogP contribution in [-0.4, -0.2) is 5.97 Å². The SMILES string of the molecule is O=C(Cc1ccc(-c2ccccc2)cc1)Oc1ccccc1. The van der Waals surface area contributed by atoms with Crippen LogP contribution in [0, 0.1) is 0 Å². The van der Waals surface area contributed by atoms with Crippen LogP contribution in [0.3, 0.4) is 0 Å². The number of carbonyl (C=O) groups is 1. The second-order valence-electron chi connectivity index (χ2n) is 5.03. The van der Waals surface area contributed by atoms with Crippen molar-refractivity contribution >= 4 is 5.97 Å². The van der Waals surface area contributed by atoms with E-state index < -0.39 is 0 Å². The first-order valence-corrected chi connectivity index (χ1v) is 7.21. The molecule has 0 unspecified atom stereocenters. The molecule has 108 valence electrons. The summed E-state index contributed by atoms with van der Waals surface area (Å²) in [5.41, 5.74) is 3.25. The number of hydrogen-bond acceptors (Lipinski definition) is 2. The number of benzene rings is 3. The van der Waals surface area contributed by atoms with E-state index in [1.165, 1.54) is 5.56 Å². The average Bonchev–Trinajstić information content (AvgIpc) is 2.57. The molecule has 3 rings (SSSR count). The molecule has 0 saturated carbocycles. The number of carbonyl (C=O) groups excluding carboxylic acids is 1. The van der Waals surface area contributed by atoms with Gasteiger partial charge in [0.05, 0.1) is 6.42 Å². The van der Waals surface area contributed by atoms with E-state index in [1.54, 1.807) is 12.1 Å². The molecule has 3 aromatic rings. The highest BCUT2D eigenvalue weighted by molar-refractivity contribution is 5.75. The van der Waals surface area contributed by atoms with E-state index in [1.807, 2.05) is 60.7 Å². The van der Waals surface area contributed by atoms with Crippen molar-refractivity contribution in [1.82, 2.24) is 0 Å². The van der Waals surface area contributed by atoms with Crippen molar-refractivity contribution in [3.63, 3.8) is 0 Å². The van der Waals surface area contributed by atoms with E-state index in [0.717, 1.165) is 11.1 Å². The highest BCUT2D eigenvalue weighted by atomic mass is 16.5. The minimum Gasteiger partial charge on any atom is -0.426 e. The van der Waals surface area contributed by atoms with Gasteiger partial charge in [0.15, 0.2) is 0 Å². The standard InChI is InChI=1S/C20H16O2/c21-20(22-19-9-5-2-6-10-19)15-16-11-13-18(14-12-16)17-7-3-1-4-8-17/h1-14H,15H2. The van der Waals surface area contributed by atoms with Gasteiger partial charge in [-0.25, -0.2) is 0 Å². The van der Waals surface area contributed by atoms with Gasteiger partial charge in [0, 0.05) is 0 Å². The molecule has 2 nitrogen and oxygen atoms in total. The highest BCUT2D eigenvalue weighted by Crippen LogP contribution is 2.19. The van der Waals surface area contributed by atoms with Crippen molar-refractivity contribution in [2.45, 2.75) is 6.42 Å². The van der Waals surface area contributed by atoms with Gasteiger partial charge < -0.3 is 4.74 Å². The number of rotatable bonds is 4. The maximum Gasteiger partial charge on any atom is 0.315 e. The topological polar surface area (TPSA) is 26.3 Å². The molecule has 0 fully saturated rings. The average molecular weight is 288 g/mol. The lowest BCUT2D eigenvalue weighted by atomic mass is 10.0. The van der Waals surface area contributed by atoms with Crippen LogP contribution < -0.4 is 4.74 Å². The first-order chi connectivity index (χ1) is 10.8. The van der Waals surface area contributed by atoms with Gasteiger partial charge in [0.25, 0.3) is 0 Å². The smallest absolute Gasteiger partial charge is 0.315 e. The predicted octanol–water partition coefficient (Wildman–Crippen LogP) is 4.50. The largest absolute Gasteiger partial charge is 0.426 e. The number of hydrogen-bond donors (Lipinski definition) is 0. The van der Waals surface area contributed by atoms with Crippen LogP contribution in [0.4, 0.5) is 0 Å². The molecular formula is C20H16O2. The quantitative estimate of drug-likeness (QED) is 0.522. The van der Waals surface area contributed by atoms with E-state index in [2.05, 4.69) is 12.1 Å². The predicted molar refractivity (Wildman–Crippen MR) is 87.7 cm³/mol. The summed E-state index contributed by atoms with van der Waals surface area (Å²) < 4.78 is 5.29. The molecule has 0 radical (unpaired) electrons. The maximum atomic E-state index is 11.9. The van der Waals surface area contributed by atoms with Crippen LogP contribution in [0.25, 0.3) is 11.1 Å². The van der Waals surface area contributed by atoms with Gasteiger partial charge in [-0.15, -0.1) is 0 Å². The molecule has 0 aromatic heterocycles. The molecule has 0 N–H and O–H groups in total. The van der Waals surface area contributed by atoms with Gasteiger partial charge in [-0.3, -0.25) is 4.79 Å². The van der Waals surface area contributed by atoms with E-state index in [-0.39, 0.29) is 12.4 Å². The summed E-state index contributed by atoms with van der Waals surface area (Å²) in [6.07, 6.45) is 0.268. The molecule has 0 spiro atoms. The minimum absolute atomic E-state index is 0.251. The van der Waals surface area contributed by atoms with E-state index in [9.17, 15) is 4.79 Å². The summed E-state index contributed by atoms with van der Waals surface area (Å²) in [6.45, 7) is 0. The van der Waals surface area contributed by atoms with Crippen LogP contribution in [-0.2, 0) is 11.2 Å². The summed E-state index contributed by atoms with van der Waals surface area (Å²) in [7, 11) is 0. The number of esters is 1. The third kappa shape index (κ3) is 3.61. The molecule has 0 atom stereocenters. The third-order valence-corrected chi connectivity index (χ3v) is 3.38. The second kappa shape index (κ2) is 6.72. The fraction of sp³-hybridized carbons (Fsp3) is 0.0500. The fourth-order valence-electron chi connectivity index (χ4n) is 2.27. The molecule has 0 aliphatic rings.